The van der Waals surface area contributed by atoms with E-state index in [1.54, 1.807) is 66.7 Å². The number of carbonyl (C=O) groups excluding carboxylic acids is 4. The first kappa shape index (κ1) is 49.3. The molecule has 0 aliphatic carbocycles. The summed E-state index contributed by atoms with van der Waals surface area (Å²) in [5, 5.41) is 24.6. The van der Waals surface area contributed by atoms with Gasteiger partial charge in [-0.1, -0.05) is 151 Å². The van der Waals surface area contributed by atoms with Crippen molar-refractivity contribution in [3.63, 3.8) is 0 Å². The zero-order valence-electron chi connectivity index (χ0n) is 40.0. The molecule has 0 saturated carbocycles. The molecule has 3 aliphatic heterocycles. The normalized spacial score (nSPS) is 21.6. The molecule has 0 bridgehead atoms. The standard InChI is InChI=1S/C58H56N4O10/c1-60(38-40-18-7-3-8-19-40)31-17-20-39-29-30-46-45(36-39)58(56(67)61(46)57(68)71-35-34-69-2)49(54(65)59-37-47(64)41-21-9-4-10-22-41)51-55(66)72-52(43-25-13-6-14-26-43)50(42-23-11-5-12-24-42)62(51)53(58)44-27-15-16-28-48(44)70-33-32-63/h3-16,18-19,21-30,36,47,49-53,63-64H,31-35,37-38H2,1-2H3,(H,59,65). The molecule has 0 radical (unpaired) electrons. The number of anilines is 1. The molecule has 368 valence electrons. The number of imide groups is 1. The highest BCUT2D eigenvalue weighted by atomic mass is 16.6. The number of hydrogen-bond acceptors (Lipinski definition) is 12. The number of esters is 1. The molecule has 1 spiro atoms. The number of aliphatic hydroxyl groups is 2. The van der Waals surface area contributed by atoms with Crippen molar-refractivity contribution < 1.29 is 48.3 Å². The maximum atomic E-state index is 16.5. The topological polar surface area (TPSA) is 167 Å². The van der Waals surface area contributed by atoms with Crippen molar-refractivity contribution in [1.29, 1.82) is 0 Å². The van der Waals surface area contributed by atoms with Gasteiger partial charge in [-0.15, -0.1) is 0 Å². The number of ether oxygens (including phenoxy) is 4. The summed E-state index contributed by atoms with van der Waals surface area (Å²) >= 11 is 0. The number of carbonyl (C=O) groups is 4. The van der Waals surface area contributed by atoms with E-state index in [1.807, 2.05) is 109 Å². The van der Waals surface area contributed by atoms with Crippen molar-refractivity contribution in [2.45, 2.75) is 42.3 Å². The van der Waals surface area contributed by atoms with Crippen LogP contribution in [0.5, 0.6) is 5.75 Å². The first-order valence-corrected chi connectivity index (χ1v) is 23.9. The SMILES string of the molecule is COCCOC(=O)N1C(=O)C2(c3cc(C#CCN(C)Cc4ccccc4)ccc31)C(C(=O)NCC(O)c1ccccc1)C1C(=O)OC(c3ccccc3)C(c3ccccc3)N1C2c1ccccc1OCCO. The van der Waals surface area contributed by atoms with Crippen LogP contribution in [0.1, 0.15) is 63.2 Å². The van der Waals surface area contributed by atoms with Gasteiger partial charge in [0.25, 0.3) is 0 Å². The van der Waals surface area contributed by atoms with Crippen molar-refractivity contribution in [2.75, 3.05) is 58.6 Å². The molecule has 3 aliphatic rings. The van der Waals surface area contributed by atoms with E-state index in [0.717, 1.165) is 10.5 Å². The van der Waals surface area contributed by atoms with Crippen molar-refractivity contribution >= 4 is 29.6 Å². The zero-order chi connectivity index (χ0) is 50.2. The lowest BCUT2D eigenvalue weighted by Gasteiger charge is -2.46. The number of cyclic esters (lactones) is 1. The van der Waals surface area contributed by atoms with E-state index in [2.05, 4.69) is 22.1 Å². The number of aliphatic hydroxyl groups excluding tert-OH is 2. The lowest BCUT2D eigenvalue weighted by molar-refractivity contribution is -0.178. The predicted molar refractivity (Wildman–Crippen MR) is 268 cm³/mol. The molecule has 3 amide bonds. The summed E-state index contributed by atoms with van der Waals surface area (Å²) in [4.78, 5) is 67.4. The third kappa shape index (κ3) is 9.60. The fourth-order valence-electron chi connectivity index (χ4n) is 10.5. The summed E-state index contributed by atoms with van der Waals surface area (Å²) in [6.45, 7) is 0.103. The van der Waals surface area contributed by atoms with Gasteiger partial charge in [0.2, 0.25) is 11.8 Å². The first-order chi connectivity index (χ1) is 35.2. The van der Waals surface area contributed by atoms with E-state index in [0.29, 0.717) is 40.9 Å². The molecule has 6 aromatic rings. The maximum Gasteiger partial charge on any atom is 0.421 e. The lowest BCUT2D eigenvalue weighted by Crippen LogP contribution is -2.56. The lowest BCUT2D eigenvalue weighted by atomic mass is 9.65. The van der Waals surface area contributed by atoms with E-state index >= 15 is 14.4 Å². The first-order valence-electron chi connectivity index (χ1n) is 23.9. The number of rotatable bonds is 16. The number of para-hydroxylation sites is 1. The van der Waals surface area contributed by atoms with Gasteiger partial charge in [0.1, 0.15) is 36.5 Å². The van der Waals surface area contributed by atoms with Gasteiger partial charge in [-0.25, -0.2) is 9.69 Å². The number of fused-ring (bicyclic) bond motifs is 3. The van der Waals surface area contributed by atoms with Gasteiger partial charge in [0.05, 0.1) is 49.6 Å². The minimum absolute atomic E-state index is 0.0350. The third-order valence-corrected chi connectivity index (χ3v) is 13.5. The van der Waals surface area contributed by atoms with Crippen molar-refractivity contribution in [2.24, 2.45) is 5.92 Å². The maximum absolute atomic E-state index is 16.5. The Balaban J connectivity index is 1.30. The average molecular weight is 969 g/mol. The van der Waals surface area contributed by atoms with Crippen LogP contribution in [-0.4, -0.2) is 104 Å². The quantitative estimate of drug-likeness (QED) is 0.0526. The van der Waals surface area contributed by atoms with Crippen LogP contribution in [-0.2, 0) is 40.6 Å². The molecule has 0 aromatic heterocycles. The number of hydrogen-bond donors (Lipinski definition) is 3. The Hall–Kier alpha value is -7.64. The van der Waals surface area contributed by atoms with E-state index in [-0.39, 0.29) is 50.0 Å². The van der Waals surface area contributed by atoms with Crippen LogP contribution in [0.2, 0.25) is 0 Å². The molecule has 3 N–H and O–H groups in total. The Bertz CT molecular complexity index is 2930. The van der Waals surface area contributed by atoms with Crippen LogP contribution >= 0.6 is 0 Å². The molecule has 72 heavy (non-hydrogen) atoms. The van der Waals surface area contributed by atoms with Crippen molar-refractivity contribution in [3.05, 3.63) is 203 Å². The van der Waals surface area contributed by atoms with Gasteiger partial charge in [-0.3, -0.25) is 24.2 Å². The number of benzene rings is 6. The molecular weight excluding hydrogens is 913 g/mol. The average Bonchev–Trinajstić information content (AvgIpc) is 3.86. The summed E-state index contributed by atoms with van der Waals surface area (Å²) in [7, 11) is 3.42. The highest BCUT2D eigenvalue weighted by molar-refractivity contribution is 6.23. The van der Waals surface area contributed by atoms with Gasteiger partial charge in [-0.05, 0) is 59.1 Å². The summed E-state index contributed by atoms with van der Waals surface area (Å²) < 4.78 is 23.8. The summed E-state index contributed by atoms with van der Waals surface area (Å²) in [5.74, 6) is 2.79. The summed E-state index contributed by atoms with van der Waals surface area (Å²) in [6, 6.07) is 45.9. The second kappa shape index (κ2) is 22.2. The van der Waals surface area contributed by atoms with Crippen molar-refractivity contribution in [1.82, 2.24) is 15.1 Å². The Kier molecular flexibility index (Phi) is 15.2. The molecule has 2 fully saturated rings. The van der Waals surface area contributed by atoms with Gasteiger partial charge in [-0.2, -0.15) is 0 Å². The second-order valence-corrected chi connectivity index (χ2v) is 18.0. The summed E-state index contributed by atoms with van der Waals surface area (Å²) in [5.41, 5.74) is 2.09. The molecule has 14 heteroatoms. The molecule has 9 rings (SSSR count). The molecule has 2 saturated heterocycles. The van der Waals surface area contributed by atoms with Crippen LogP contribution in [0.25, 0.3) is 0 Å². The van der Waals surface area contributed by atoms with Crippen LogP contribution in [0.15, 0.2) is 164 Å². The smallest absolute Gasteiger partial charge is 0.421 e. The molecule has 7 unspecified atom stereocenters. The van der Waals surface area contributed by atoms with Crippen LogP contribution in [0.4, 0.5) is 10.5 Å². The van der Waals surface area contributed by atoms with Gasteiger partial charge >= 0.3 is 12.1 Å². The van der Waals surface area contributed by atoms with Gasteiger partial charge in [0.15, 0.2) is 0 Å². The fourth-order valence-corrected chi connectivity index (χ4v) is 10.5. The van der Waals surface area contributed by atoms with E-state index in [9.17, 15) is 15.0 Å². The summed E-state index contributed by atoms with van der Waals surface area (Å²) in [6.07, 6.45) is -3.17. The van der Waals surface area contributed by atoms with Crippen LogP contribution < -0.4 is 15.0 Å². The van der Waals surface area contributed by atoms with E-state index < -0.39 is 65.5 Å². The molecule has 3 heterocycles. The zero-order valence-corrected chi connectivity index (χ0v) is 40.0. The van der Waals surface area contributed by atoms with Crippen LogP contribution in [0.3, 0.4) is 0 Å². The second-order valence-electron chi connectivity index (χ2n) is 18.0. The van der Waals surface area contributed by atoms with E-state index in [1.165, 1.54) is 7.11 Å². The number of methoxy groups -OCH3 is 1. The number of amides is 3. The largest absolute Gasteiger partial charge is 0.491 e. The third-order valence-electron chi connectivity index (χ3n) is 13.5. The minimum Gasteiger partial charge on any atom is -0.491 e. The highest BCUT2D eigenvalue weighted by Crippen LogP contribution is 2.66. The molecular formula is C58H56N4O10. The van der Waals surface area contributed by atoms with Crippen molar-refractivity contribution in [3.8, 4) is 17.6 Å². The molecule has 14 nitrogen and oxygen atoms in total. The number of morpholine rings is 1. The fraction of sp³-hybridized carbons (Fsp3) is 0.276. The Morgan fingerprint density at radius 2 is 1.46 bits per heavy atom. The predicted octanol–water partition coefficient (Wildman–Crippen LogP) is 6.84. The Labute approximate surface area is 418 Å². The highest BCUT2D eigenvalue weighted by Gasteiger charge is 2.76. The number of nitrogens with one attached hydrogen (secondary N) is 1. The number of nitrogens with zero attached hydrogens (tertiary/aromatic N) is 3. The van der Waals surface area contributed by atoms with Gasteiger partial charge in [0, 0.05) is 31.3 Å². The van der Waals surface area contributed by atoms with E-state index in [4.69, 9.17) is 18.9 Å². The molecule has 7 atom stereocenters. The minimum atomic E-state index is -2.15. The Morgan fingerprint density at radius 3 is 2.15 bits per heavy atom. The van der Waals surface area contributed by atoms with Gasteiger partial charge < -0.3 is 34.5 Å². The Morgan fingerprint density at radius 1 is 0.806 bits per heavy atom. The van der Waals surface area contributed by atoms with Crippen LogP contribution in [0, 0.1) is 17.8 Å². The molecule has 6 aromatic carbocycles. The monoisotopic (exact) mass is 968 g/mol.